The molecular formula is C18H27Cl2N5O2. The molecule has 3 N–H and O–H groups in total. The summed E-state index contributed by atoms with van der Waals surface area (Å²) in [5.41, 5.74) is 2.98. The Labute approximate surface area is 172 Å². The highest BCUT2D eigenvalue weighted by Crippen LogP contribution is 2.21. The van der Waals surface area contributed by atoms with Crippen molar-refractivity contribution >= 4 is 30.6 Å². The largest absolute Gasteiger partial charge is 0.387 e. The minimum absolute atomic E-state index is 0. The molecule has 7 nitrogen and oxygen atoms in total. The number of ether oxygens (including phenoxy) is 1. The van der Waals surface area contributed by atoms with Crippen LogP contribution in [0.1, 0.15) is 35.7 Å². The van der Waals surface area contributed by atoms with Gasteiger partial charge in [0, 0.05) is 49.6 Å². The molecule has 0 aliphatic carbocycles. The van der Waals surface area contributed by atoms with Crippen molar-refractivity contribution in [1.82, 2.24) is 20.3 Å². The van der Waals surface area contributed by atoms with Crippen LogP contribution in [0.4, 0.5) is 5.82 Å². The summed E-state index contributed by atoms with van der Waals surface area (Å²) in [6.07, 6.45) is 4.48. The second-order valence-corrected chi connectivity index (χ2v) is 5.98. The first-order valence-electron chi connectivity index (χ1n) is 8.77. The number of halogens is 2. The minimum Gasteiger partial charge on any atom is -0.387 e. The van der Waals surface area contributed by atoms with E-state index >= 15 is 0 Å². The van der Waals surface area contributed by atoms with E-state index < -0.39 is 6.10 Å². The van der Waals surface area contributed by atoms with Crippen LogP contribution < -0.4 is 10.6 Å². The number of nitrogens with zero attached hydrogens (tertiary/aromatic N) is 3. The predicted molar refractivity (Wildman–Crippen MR) is 110 cm³/mol. The van der Waals surface area contributed by atoms with Gasteiger partial charge in [0.1, 0.15) is 12.4 Å². The third-order valence-electron chi connectivity index (χ3n) is 4.20. The quantitative estimate of drug-likeness (QED) is 0.637. The SMILES string of the molecule is CCOCc1nc2c(c(NCC(O)c3cccnc3)n1)CCNCC2.Cl.Cl. The first kappa shape index (κ1) is 23.5. The Hall–Kier alpha value is -1.51. The normalized spacial score (nSPS) is 14.1. The summed E-state index contributed by atoms with van der Waals surface area (Å²) in [5.74, 6) is 1.48. The standard InChI is InChI=1S/C18H25N5O2.2ClH/c1-2-25-12-17-22-15-6-9-19-8-5-14(15)18(23-17)21-11-16(24)13-4-3-7-20-10-13;;/h3-4,7,10,16,19,24H,2,5-6,8-9,11-12H2,1H3,(H,21,22,23);2*1H. The third-order valence-corrected chi connectivity index (χ3v) is 4.20. The van der Waals surface area contributed by atoms with Crippen LogP contribution in [-0.4, -0.2) is 46.3 Å². The molecule has 150 valence electrons. The maximum atomic E-state index is 10.4. The second-order valence-electron chi connectivity index (χ2n) is 5.98. The first-order valence-corrected chi connectivity index (χ1v) is 8.77. The van der Waals surface area contributed by atoms with Crippen molar-refractivity contribution in [1.29, 1.82) is 0 Å². The zero-order valence-corrected chi connectivity index (χ0v) is 17.0. The van der Waals surface area contributed by atoms with Gasteiger partial charge in [-0.2, -0.15) is 0 Å². The Morgan fingerprint density at radius 2 is 2.07 bits per heavy atom. The molecule has 1 unspecified atom stereocenters. The molecule has 0 radical (unpaired) electrons. The number of rotatable bonds is 7. The van der Waals surface area contributed by atoms with Crippen LogP contribution in [0.2, 0.25) is 0 Å². The van der Waals surface area contributed by atoms with E-state index in [9.17, 15) is 5.11 Å². The average molecular weight is 416 g/mol. The smallest absolute Gasteiger partial charge is 0.156 e. The lowest BCUT2D eigenvalue weighted by molar-refractivity contribution is 0.128. The fourth-order valence-electron chi connectivity index (χ4n) is 2.88. The number of nitrogens with one attached hydrogen (secondary N) is 2. The number of hydrogen-bond acceptors (Lipinski definition) is 7. The van der Waals surface area contributed by atoms with Crippen LogP contribution in [0.5, 0.6) is 0 Å². The van der Waals surface area contributed by atoms with Gasteiger partial charge in [-0.05, 0) is 26.0 Å². The molecule has 0 spiro atoms. The van der Waals surface area contributed by atoms with E-state index in [-0.39, 0.29) is 24.8 Å². The van der Waals surface area contributed by atoms with Crippen LogP contribution >= 0.6 is 24.8 Å². The average Bonchev–Trinajstić information content (AvgIpc) is 2.90. The predicted octanol–water partition coefficient (Wildman–Crippen LogP) is 2.09. The maximum absolute atomic E-state index is 10.4. The molecule has 0 saturated heterocycles. The minimum atomic E-state index is -0.640. The van der Waals surface area contributed by atoms with Crippen molar-refractivity contribution in [2.24, 2.45) is 0 Å². The number of fused-ring (bicyclic) bond motifs is 1. The number of aliphatic hydroxyl groups excluding tert-OH is 1. The third kappa shape index (κ3) is 6.55. The van der Waals surface area contributed by atoms with Crippen molar-refractivity contribution in [3.63, 3.8) is 0 Å². The topological polar surface area (TPSA) is 92.2 Å². The molecule has 2 aromatic rings. The van der Waals surface area contributed by atoms with Gasteiger partial charge in [-0.3, -0.25) is 4.98 Å². The molecule has 0 bridgehead atoms. The molecule has 9 heteroatoms. The van der Waals surface area contributed by atoms with Gasteiger partial charge in [-0.15, -0.1) is 24.8 Å². The van der Waals surface area contributed by atoms with Crippen molar-refractivity contribution in [3.8, 4) is 0 Å². The zero-order valence-electron chi connectivity index (χ0n) is 15.4. The zero-order chi connectivity index (χ0) is 17.5. The summed E-state index contributed by atoms with van der Waals surface area (Å²) >= 11 is 0. The number of anilines is 1. The summed E-state index contributed by atoms with van der Waals surface area (Å²) in [4.78, 5) is 13.4. The van der Waals surface area contributed by atoms with Gasteiger partial charge in [0.15, 0.2) is 5.82 Å². The van der Waals surface area contributed by atoms with E-state index in [1.165, 1.54) is 0 Å². The molecule has 0 saturated carbocycles. The second kappa shape index (κ2) is 12.0. The van der Waals surface area contributed by atoms with Crippen molar-refractivity contribution in [2.45, 2.75) is 32.5 Å². The number of pyridine rings is 1. The van der Waals surface area contributed by atoms with Crippen molar-refractivity contribution in [3.05, 3.63) is 47.2 Å². The van der Waals surface area contributed by atoms with Crippen LogP contribution in [0, 0.1) is 0 Å². The fourth-order valence-corrected chi connectivity index (χ4v) is 2.88. The highest BCUT2D eigenvalue weighted by atomic mass is 35.5. The van der Waals surface area contributed by atoms with E-state index in [2.05, 4.69) is 25.6 Å². The maximum Gasteiger partial charge on any atom is 0.156 e. The molecule has 3 rings (SSSR count). The molecule has 27 heavy (non-hydrogen) atoms. The lowest BCUT2D eigenvalue weighted by Gasteiger charge is -2.17. The van der Waals surface area contributed by atoms with Crippen LogP contribution in [0.25, 0.3) is 0 Å². The molecule has 0 amide bonds. The fraction of sp³-hybridized carbons (Fsp3) is 0.500. The van der Waals surface area contributed by atoms with Crippen molar-refractivity contribution < 1.29 is 9.84 Å². The number of aromatic nitrogens is 3. The molecule has 2 aromatic heterocycles. The summed E-state index contributed by atoms with van der Waals surface area (Å²) < 4.78 is 5.47. The van der Waals surface area contributed by atoms with E-state index in [1.54, 1.807) is 12.4 Å². The highest BCUT2D eigenvalue weighted by Gasteiger charge is 2.17. The first-order chi connectivity index (χ1) is 12.3. The van der Waals surface area contributed by atoms with E-state index in [0.29, 0.717) is 25.6 Å². The van der Waals surface area contributed by atoms with E-state index in [0.717, 1.165) is 48.6 Å². The lowest BCUT2D eigenvalue weighted by Crippen LogP contribution is -2.18. The summed E-state index contributed by atoms with van der Waals surface area (Å²) in [7, 11) is 0. The molecule has 1 aliphatic heterocycles. The van der Waals surface area contributed by atoms with Crippen LogP contribution in [0.3, 0.4) is 0 Å². The van der Waals surface area contributed by atoms with Crippen LogP contribution in [0.15, 0.2) is 24.5 Å². The monoisotopic (exact) mass is 415 g/mol. The molecule has 0 fully saturated rings. The lowest BCUT2D eigenvalue weighted by atomic mass is 10.1. The van der Waals surface area contributed by atoms with Gasteiger partial charge >= 0.3 is 0 Å². The Kier molecular flexibility index (Phi) is 10.5. The van der Waals surface area contributed by atoms with Gasteiger partial charge < -0.3 is 20.5 Å². The molecule has 3 heterocycles. The Morgan fingerprint density at radius 1 is 1.26 bits per heavy atom. The Balaban J connectivity index is 0.00000182. The van der Waals surface area contributed by atoms with Crippen LogP contribution in [-0.2, 0) is 24.2 Å². The molecular weight excluding hydrogens is 389 g/mol. The van der Waals surface area contributed by atoms with Gasteiger partial charge in [0.05, 0.1) is 11.8 Å². The summed E-state index contributed by atoms with van der Waals surface area (Å²) in [6, 6.07) is 3.69. The summed E-state index contributed by atoms with van der Waals surface area (Å²) in [5, 5.41) is 17.1. The van der Waals surface area contributed by atoms with E-state index in [1.807, 2.05) is 19.1 Å². The Bertz CT molecular complexity index is 691. The molecule has 0 aromatic carbocycles. The number of aliphatic hydroxyl groups is 1. The van der Waals surface area contributed by atoms with E-state index in [4.69, 9.17) is 4.74 Å². The molecule has 1 aliphatic rings. The van der Waals surface area contributed by atoms with Gasteiger partial charge in [0.2, 0.25) is 0 Å². The summed E-state index contributed by atoms with van der Waals surface area (Å²) in [6.45, 7) is 5.17. The van der Waals surface area contributed by atoms with Gasteiger partial charge in [-0.25, -0.2) is 9.97 Å². The number of hydrogen-bond donors (Lipinski definition) is 3. The molecule has 1 atom stereocenters. The highest BCUT2D eigenvalue weighted by molar-refractivity contribution is 5.85. The van der Waals surface area contributed by atoms with Gasteiger partial charge in [0.25, 0.3) is 0 Å². The van der Waals surface area contributed by atoms with Crippen molar-refractivity contribution in [2.75, 3.05) is 31.6 Å². The van der Waals surface area contributed by atoms with Gasteiger partial charge in [-0.1, -0.05) is 6.07 Å². The Morgan fingerprint density at radius 3 is 2.81 bits per heavy atom.